The molecule has 0 bridgehead atoms. The molecule has 4 N–H and O–H groups in total. The Labute approximate surface area is 341 Å². The van der Waals surface area contributed by atoms with E-state index in [1.54, 1.807) is 12.2 Å². The van der Waals surface area contributed by atoms with E-state index in [0.29, 0.717) is 25.7 Å². The number of carbonyl (C=O) groups is 4. The molecular formula is C44H70NO11P. The highest BCUT2D eigenvalue weighted by atomic mass is 31.2. The number of ketones is 1. The zero-order chi connectivity index (χ0) is 42.2. The topological polar surface area (TPSA) is 189 Å². The number of ether oxygens (including phenoxy) is 2. The highest BCUT2D eigenvalue weighted by molar-refractivity contribution is 7.47. The maximum absolute atomic E-state index is 12.6. The molecule has 0 heterocycles. The molecule has 0 aliphatic carbocycles. The maximum Gasteiger partial charge on any atom is 0.472 e. The summed E-state index contributed by atoms with van der Waals surface area (Å²) in [5.41, 5.74) is 5.31. The lowest BCUT2D eigenvalue weighted by Crippen LogP contribution is -2.34. The molecule has 13 heteroatoms. The highest BCUT2D eigenvalue weighted by Crippen LogP contribution is 2.43. The van der Waals surface area contributed by atoms with Gasteiger partial charge in [0.2, 0.25) is 0 Å². The second-order valence-corrected chi connectivity index (χ2v) is 14.9. The number of rotatable bonds is 37. The quantitative estimate of drug-likeness (QED) is 0.0135. The molecule has 0 aliphatic heterocycles. The van der Waals surface area contributed by atoms with Crippen molar-refractivity contribution in [1.82, 2.24) is 0 Å². The summed E-state index contributed by atoms with van der Waals surface area (Å²) in [6.45, 7) is 2.43. The Morgan fingerprint density at radius 1 is 0.614 bits per heavy atom. The number of aliphatic carboxylic acids is 1. The number of esters is 2. The van der Waals surface area contributed by atoms with Crippen molar-refractivity contribution < 1.29 is 52.3 Å². The van der Waals surface area contributed by atoms with Gasteiger partial charge in [-0.25, -0.2) is 4.57 Å². The molecule has 3 atom stereocenters. The summed E-state index contributed by atoms with van der Waals surface area (Å²) in [6, 6.07) is -1.55. The summed E-state index contributed by atoms with van der Waals surface area (Å²) < 4.78 is 32.5. The Balaban J connectivity index is 4.60. The highest BCUT2D eigenvalue weighted by Gasteiger charge is 2.28. The van der Waals surface area contributed by atoms with Crippen LogP contribution >= 0.6 is 7.82 Å². The lowest BCUT2D eigenvalue weighted by molar-refractivity contribution is -0.161. The maximum atomic E-state index is 12.6. The number of carbonyl (C=O) groups excluding carboxylic acids is 3. The lowest BCUT2D eigenvalue weighted by atomic mass is 10.1. The van der Waals surface area contributed by atoms with E-state index in [9.17, 15) is 28.6 Å². The van der Waals surface area contributed by atoms with E-state index in [1.807, 2.05) is 18.2 Å². The van der Waals surface area contributed by atoms with E-state index in [4.69, 9.17) is 24.8 Å². The summed E-state index contributed by atoms with van der Waals surface area (Å²) >= 11 is 0. The first-order valence-corrected chi connectivity index (χ1v) is 22.1. The Hall–Kier alpha value is -3.67. The molecule has 0 saturated carbocycles. The second kappa shape index (κ2) is 37.9. The number of hydrogen-bond donors (Lipinski definition) is 3. The van der Waals surface area contributed by atoms with Crippen molar-refractivity contribution in [3.8, 4) is 0 Å². The molecule has 0 aromatic rings. The molecule has 0 aliphatic rings. The van der Waals surface area contributed by atoms with E-state index in [1.165, 1.54) is 12.8 Å². The third-order valence-corrected chi connectivity index (χ3v) is 9.05. The fraction of sp³-hybridized carbons (Fsp3) is 0.591. The molecular weight excluding hydrogens is 749 g/mol. The molecule has 0 radical (unpaired) electrons. The fourth-order valence-electron chi connectivity index (χ4n) is 4.84. The summed E-state index contributed by atoms with van der Waals surface area (Å²) in [5, 5.41) is 8.87. The molecule has 322 valence electrons. The molecule has 0 aromatic carbocycles. The minimum atomic E-state index is -4.76. The van der Waals surface area contributed by atoms with Crippen molar-refractivity contribution in [2.45, 2.75) is 148 Å². The average Bonchev–Trinajstić information content (AvgIpc) is 3.18. The van der Waals surface area contributed by atoms with Gasteiger partial charge in [0, 0.05) is 19.3 Å². The van der Waals surface area contributed by atoms with Crippen LogP contribution in [0.4, 0.5) is 0 Å². The summed E-state index contributed by atoms with van der Waals surface area (Å²) in [7, 11) is -4.76. The molecule has 0 amide bonds. The zero-order valence-corrected chi connectivity index (χ0v) is 35.3. The second-order valence-electron chi connectivity index (χ2n) is 13.4. The Morgan fingerprint density at radius 3 is 1.77 bits per heavy atom. The van der Waals surface area contributed by atoms with Gasteiger partial charge in [-0.05, 0) is 76.7 Å². The van der Waals surface area contributed by atoms with Crippen LogP contribution in [0.15, 0.2) is 85.1 Å². The van der Waals surface area contributed by atoms with Crippen LogP contribution < -0.4 is 5.73 Å². The number of phosphoric acid groups is 1. The van der Waals surface area contributed by atoms with Crippen LogP contribution in [-0.4, -0.2) is 65.7 Å². The SMILES string of the molecule is CC/C=C\C/C=C\C/C=C\C/C=C\C/C=C\CCCC(=O)O[C@H](COC(=O)CCCCCCCC(=O)/C=C/C=C\CCCCC)COP(=O)(O)OC[C@H](N)C(=O)O. The number of phosphoric ester groups is 1. The van der Waals surface area contributed by atoms with Crippen LogP contribution in [0, 0.1) is 0 Å². The van der Waals surface area contributed by atoms with Crippen molar-refractivity contribution in [3.63, 3.8) is 0 Å². The summed E-state index contributed by atoms with van der Waals surface area (Å²) in [4.78, 5) is 57.9. The molecule has 12 nitrogen and oxygen atoms in total. The first-order valence-electron chi connectivity index (χ1n) is 20.6. The van der Waals surface area contributed by atoms with Gasteiger partial charge in [-0.15, -0.1) is 0 Å². The van der Waals surface area contributed by atoms with Crippen LogP contribution in [0.3, 0.4) is 0 Å². The van der Waals surface area contributed by atoms with Gasteiger partial charge in [0.25, 0.3) is 0 Å². The van der Waals surface area contributed by atoms with Crippen LogP contribution in [-0.2, 0) is 42.3 Å². The fourth-order valence-corrected chi connectivity index (χ4v) is 5.62. The molecule has 0 rings (SSSR count). The third-order valence-electron chi connectivity index (χ3n) is 8.10. The first-order chi connectivity index (χ1) is 27.5. The van der Waals surface area contributed by atoms with Crippen molar-refractivity contribution in [2.24, 2.45) is 5.73 Å². The summed E-state index contributed by atoms with van der Waals surface area (Å²) in [6.07, 6.45) is 42.0. The monoisotopic (exact) mass is 819 g/mol. The van der Waals surface area contributed by atoms with E-state index in [-0.39, 0.29) is 18.6 Å². The minimum absolute atomic E-state index is 0.0531. The Kier molecular flexibility index (Phi) is 35.4. The van der Waals surface area contributed by atoms with E-state index < -0.39 is 57.7 Å². The Bertz CT molecular complexity index is 1350. The number of nitrogens with two attached hydrogens (primary N) is 1. The number of carboxylic acids is 1. The number of hydrogen-bond acceptors (Lipinski definition) is 10. The van der Waals surface area contributed by atoms with Crippen molar-refractivity contribution in [3.05, 3.63) is 85.1 Å². The van der Waals surface area contributed by atoms with Crippen LogP contribution in [0.2, 0.25) is 0 Å². The lowest BCUT2D eigenvalue weighted by Gasteiger charge is -2.20. The van der Waals surface area contributed by atoms with Crippen molar-refractivity contribution >= 4 is 31.5 Å². The number of allylic oxidation sites excluding steroid dienone is 14. The van der Waals surface area contributed by atoms with Gasteiger partial charge in [0.05, 0.1) is 13.2 Å². The standard InChI is InChI=1S/C44H70NO11P/c1-3-5-7-9-11-12-13-14-15-16-17-18-19-20-22-26-31-35-43(48)56-40(37-54-57(51,52)55-38-41(45)44(49)50)36-53-42(47)34-30-27-23-25-29-33-39(46)32-28-24-21-10-8-6-4-2/h5,7,11-12,14-15,17-18,20-22,24,28,32,40-41H,3-4,6,8-10,13,16,19,23,25-27,29-31,33-38,45H2,1-2H3,(H,49,50)(H,51,52)/b7-5-,12-11-,15-14-,18-17-,22-20-,24-21-,32-28+/t40-,41+/m1/s1. The minimum Gasteiger partial charge on any atom is -0.480 e. The predicted molar refractivity (Wildman–Crippen MR) is 226 cm³/mol. The normalized spacial score (nSPS) is 14.5. The van der Waals surface area contributed by atoms with Crippen molar-refractivity contribution in [2.75, 3.05) is 19.8 Å². The molecule has 0 saturated heterocycles. The molecule has 1 unspecified atom stereocenters. The zero-order valence-electron chi connectivity index (χ0n) is 34.4. The van der Waals surface area contributed by atoms with E-state index in [0.717, 1.165) is 70.6 Å². The van der Waals surface area contributed by atoms with Crippen LogP contribution in [0.5, 0.6) is 0 Å². The van der Waals surface area contributed by atoms with Gasteiger partial charge in [0.15, 0.2) is 11.9 Å². The van der Waals surface area contributed by atoms with Crippen LogP contribution in [0.1, 0.15) is 136 Å². The smallest absolute Gasteiger partial charge is 0.472 e. The van der Waals surface area contributed by atoms with E-state index >= 15 is 0 Å². The number of carboxylic acid groups (broad SMARTS) is 1. The Morgan fingerprint density at radius 2 is 1.16 bits per heavy atom. The van der Waals surface area contributed by atoms with Gasteiger partial charge in [-0.2, -0.15) is 0 Å². The van der Waals surface area contributed by atoms with Gasteiger partial charge >= 0.3 is 25.7 Å². The largest absolute Gasteiger partial charge is 0.480 e. The van der Waals surface area contributed by atoms with Crippen LogP contribution in [0.25, 0.3) is 0 Å². The van der Waals surface area contributed by atoms with Gasteiger partial charge in [-0.1, -0.05) is 125 Å². The molecule has 57 heavy (non-hydrogen) atoms. The van der Waals surface area contributed by atoms with E-state index in [2.05, 4.69) is 73.1 Å². The molecule has 0 aromatic heterocycles. The third kappa shape index (κ3) is 37.7. The molecule has 0 spiro atoms. The summed E-state index contributed by atoms with van der Waals surface area (Å²) in [5.74, 6) is -2.48. The average molecular weight is 820 g/mol. The van der Waals surface area contributed by atoms with Crippen molar-refractivity contribution in [1.29, 1.82) is 0 Å². The number of unbranched alkanes of at least 4 members (excludes halogenated alkanes) is 8. The molecule has 0 fully saturated rings. The predicted octanol–water partition coefficient (Wildman–Crippen LogP) is 9.90. The van der Waals surface area contributed by atoms with Gasteiger partial charge in [-0.3, -0.25) is 28.2 Å². The van der Waals surface area contributed by atoms with Gasteiger partial charge in [0.1, 0.15) is 12.6 Å². The first kappa shape index (κ1) is 53.3. The van der Waals surface area contributed by atoms with Gasteiger partial charge < -0.3 is 25.2 Å².